The van der Waals surface area contributed by atoms with Crippen molar-refractivity contribution in [2.75, 3.05) is 0 Å². The minimum absolute atomic E-state index is 0.104. The third-order valence-electron chi connectivity index (χ3n) is 4.33. The molecule has 0 radical (unpaired) electrons. The first-order valence-corrected chi connectivity index (χ1v) is 8.16. The van der Waals surface area contributed by atoms with Crippen molar-refractivity contribution in [2.45, 2.75) is 25.0 Å². The van der Waals surface area contributed by atoms with Gasteiger partial charge in [0.2, 0.25) is 5.88 Å². The molecule has 3 aromatic heterocycles. The number of hydrogen-bond donors (Lipinski definition) is 1. The largest absolute Gasteiger partial charge is 0.472 e. The van der Waals surface area contributed by atoms with Gasteiger partial charge in [0.1, 0.15) is 17.7 Å². The van der Waals surface area contributed by atoms with E-state index in [4.69, 9.17) is 15.2 Å². The van der Waals surface area contributed by atoms with Crippen LogP contribution in [0.2, 0.25) is 0 Å². The van der Waals surface area contributed by atoms with Crippen LogP contribution in [0.1, 0.15) is 18.4 Å². The molecule has 0 bridgehead atoms. The van der Waals surface area contributed by atoms with Crippen LogP contribution in [0.25, 0.3) is 22.9 Å². The van der Waals surface area contributed by atoms with E-state index in [9.17, 15) is 4.79 Å². The molecule has 0 atom stereocenters. The molecule has 9 nitrogen and oxygen atoms in total. The molecular formula is C17H18N6O3. The van der Waals surface area contributed by atoms with Crippen molar-refractivity contribution < 1.29 is 14.3 Å². The topological polar surface area (TPSA) is 110 Å². The van der Waals surface area contributed by atoms with Crippen LogP contribution in [0.4, 0.5) is 4.79 Å². The molecule has 1 amide bonds. The maximum Gasteiger partial charge on any atom is 0.404 e. The zero-order chi connectivity index (χ0) is 18.3. The van der Waals surface area contributed by atoms with Crippen molar-refractivity contribution in [1.29, 1.82) is 0 Å². The van der Waals surface area contributed by atoms with Gasteiger partial charge in [-0.2, -0.15) is 10.2 Å². The predicted octanol–water partition coefficient (Wildman–Crippen LogP) is 1.78. The van der Waals surface area contributed by atoms with Gasteiger partial charge >= 0.3 is 6.09 Å². The Bertz CT molecular complexity index is 986. The van der Waals surface area contributed by atoms with Crippen LogP contribution < -0.4 is 10.5 Å². The molecule has 26 heavy (non-hydrogen) atoms. The van der Waals surface area contributed by atoms with Gasteiger partial charge in [-0.05, 0) is 0 Å². The average molecular weight is 354 g/mol. The van der Waals surface area contributed by atoms with Gasteiger partial charge in [0.15, 0.2) is 0 Å². The highest BCUT2D eigenvalue weighted by atomic mass is 16.6. The molecular weight excluding hydrogens is 336 g/mol. The Labute approximate surface area is 149 Å². The zero-order valence-electron chi connectivity index (χ0n) is 14.2. The van der Waals surface area contributed by atoms with Crippen LogP contribution in [0.3, 0.4) is 0 Å². The van der Waals surface area contributed by atoms with E-state index in [2.05, 4.69) is 21.8 Å². The lowest BCUT2D eigenvalue weighted by Gasteiger charge is -2.33. The molecule has 1 aliphatic rings. The summed E-state index contributed by atoms with van der Waals surface area (Å²) >= 11 is 0. The summed E-state index contributed by atoms with van der Waals surface area (Å²) in [4.78, 5) is 15.5. The molecule has 1 aliphatic carbocycles. The fourth-order valence-corrected chi connectivity index (χ4v) is 2.96. The molecule has 4 rings (SSSR count). The number of hydrogen-bond acceptors (Lipinski definition) is 6. The number of nitrogens with two attached hydrogens (primary N) is 1. The van der Waals surface area contributed by atoms with Gasteiger partial charge < -0.3 is 15.2 Å². The molecule has 3 heterocycles. The Hall–Kier alpha value is -3.36. The Morgan fingerprint density at radius 2 is 2.12 bits per heavy atom. The monoisotopic (exact) mass is 354 g/mol. The van der Waals surface area contributed by atoms with E-state index < -0.39 is 6.09 Å². The maximum atomic E-state index is 10.8. The standard InChI is InChI=1S/C17H18N6O3/c1-3-10-6-20-23-9-14(11-7-19-22(2)8-11)21-16(15(10)23)25-12-4-13(5-12)26-17(18)24/h3,6-9,12-13H,1,4-5H2,2H3,(H2,18,24)/t12-,13-. The van der Waals surface area contributed by atoms with Crippen LogP contribution >= 0.6 is 0 Å². The molecule has 0 spiro atoms. The van der Waals surface area contributed by atoms with Gasteiger partial charge in [0, 0.05) is 37.2 Å². The van der Waals surface area contributed by atoms with Crippen LogP contribution in [0.15, 0.2) is 31.4 Å². The predicted molar refractivity (Wildman–Crippen MR) is 93.4 cm³/mol. The smallest absolute Gasteiger partial charge is 0.404 e. The average Bonchev–Trinajstić information content (AvgIpc) is 3.18. The number of carbonyl (C=O) groups is 1. The molecule has 3 aromatic rings. The normalized spacial score (nSPS) is 19.1. The van der Waals surface area contributed by atoms with Gasteiger partial charge in [0.05, 0.1) is 24.3 Å². The van der Waals surface area contributed by atoms with E-state index in [1.807, 2.05) is 19.4 Å². The van der Waals surface area contributed by atoms with E-state index >= 15 is 0 Å². The van der Waals surface area contributed by atoms with E-state index in [0.717, 1.165) is 16.6 Å². The maximum absolute atomic E-state index is 10.8. The highest BCUT2D eigenvalue weighted by Gasteiger charge is 2.34. The number of fused-ring (bicyclic) bond motifs is 1. The van der Waals surface area contributed by atoms with Gasteiger partial charge in [-0.1, -0.05) is 12.7 Å². The summed E-state index contributed by atoms with van der Waals surface area (Å²) in [5.41, 5.74) is 8.17. The Kier molecular flexibility index (Phi) is 3.83. The fraction of sp³-hybridized carbons (Fsp3) is 0.294. The van der Waals surface area contributed by atoms with Crippen molar-refractivity contribution in [1.82, 2.24) is 24.4 Å². The van der Waals surface area contributed by atoms with E-state index in [1.54, 1.807) is 27.7 Å². The molecule has 2 N–H and O–H groups in total. The summed E-state index contributed by atoms with van der Waals surface area (Å²) in [5.74, 6) is 0.460. The summed E-state index contributed by atoms with van der Waals surface area (Å²) in [6.45, 7) is 3.81. The lowest BCUT2D eigenvalue weighted by atomic mass is 9.92. The van der Waals surface area contributed by atoms with Gasteiger partial charge in [-0.3, -0.25) is 4.68 Å². The molecule has 9 heteroatoms. The number of amides is 1. The molecule has 0 unspecified atom stereocenters. The molecule has 134 valence electrons. The number of aromatic nitrogens is 5. The Morgan fingerprint density at radius 1 is 1.31 bits per heavy atom. The molecule has 1 saturated carbocycles. The first-order valence-electron chi connectivity index (χ1n) is 8.16. The SMILES string of the molecule is C=Cc1cnn2cc(-c3cnn(C)c3)nc(O[C@H]3C[C@H](OC(N)=O)C3)c12. The van der Waals surface area contributed by atoms with Crippen LogP contribution in [-0.2, 0) is 11.8 Å². The summed E-state index contributed by atoms with van der Waals surface area (Å²) in [6, 6.07) is 0. The minimum atomic E-state index is -0.766. The highest BCUT2D eigenvalue weighted by molar-refractivity contribution is 5.74. The van der Waals surface area contributed by atoms with Gasteiger partial charge in [-0.25, -0.2) is 14.3 Å². The molecule has 1 fully saturated rings. The van der Waals surface area contributed by atoms with Crippen molar-refractivity contribution in [3.63, 3.8) is 0 Å². The number of rotatable bonds is 5. The number of nitrogens with zero attached hydrogens (tertiary/aromatic N) is 5. The van der Waals surface area contributed by atoms with Crippen molar-refractivity contribution in [3.05, 3.63) is 36.9 Å². The summed E-state index contributed by atoms with van der Waals surface area (Å²) in [7, 11) is 1.84. The first-order chi connectivity index (χ1) is 12.5. The number of carbonyl (C=O) groups excluding carboxylic acids is 1. The van der Waals surface area contributed by atoms with E-state index in [0.29, 0.717) is 24.4 Å². The van der Waals surface area contributed by atoms with Crippen LogP contribution in [-0.4, -0.2) is 42.7 Å². The summed E-state index contributed by atoms with van der Waals surface area (Å²) < 4.78 is 14.5. The molecule has 0 aliphatic heterocycles. The van der Waals surface area contributed by atoms with Gasteiger partial charge in [-0.15, -0.1) is 0 Å². The highest BCUT2D eigenvalue weighted by Crippen LogP contribution is 2.32. The van der Waals surface area contributed by atoms with Crippen molar-refractivity contribution >= 4 is 17.7 Å². The Balaban J connectivity index is 1.66. The number of ether oxygens (including phenoxy) is 2. The van der Waals surface area contributed by atoms with Gasteiger partial charge in [0.25, 0.3) is 0 Å². The summed E-state index contributed by atoms with van der Waals surface area (Å²) in [5, 5.41) is 8.54. The molecule has 0 saturated heterocycles. The second-order valence-electron chi connectivity index (χ2n) is 6.20. The van der Waals surface area contributed by atoms with Crippen molar-refractivity contribution in [3.8, 4) is 17.1 Å². The first kappa shape index (κ1) is 16.1. The van der Waals surface area contributed by atoms with E-state index in [1.165, 1.54) is 0 Å². The lowest BCUT2D eigenvalue weighted by Crippen LogP contribution is -2.41. The zero-order valence-corrected chi connectivity index (χ0v) is 14.2. The number of aryl methyl sites for hydroxylation is 1. The fourth-order valence-electron chi connectivity index (χ4n) is 2.96. The van der Waals surface area contributed by atoms with Crippen LogP contribution in [0, 0.1) is 0 Å². The minimum Gasteiger partial charge on any atom is -0.472 e. The third kappa shape index (κ3) is 2.87. The van der Waals surface area contributed by atoms with Crippen LogP contribution in [0.5, 0.6) is 5.88 Å². The lowest BCUT2D eigenvalue weighted by molar-refractivity contribution is -0.0209. The molecule has 0 aromatic carbocycles. The van der Waals surface area contributed by atoms with Crippen molar-refractivity contribution in [2.24, 2.45) is 12.8 Å². The summed E-state index contributed by atoms with van der Waals surface area (Å²) in [6.07, 6.45) is 8.92. The number of primary amides is 1. The second kappa shape index (κ2) is 6.17. The quantitative estimate of drug-likeness (QED) is 0.748. The Morgan fingerprint density at radius 3 is 2.77 bits per heavy atom. The second-order valence-corrected chi connectivity index (χ2v) is 6.20. The van der Waals surface area contributed by atoms with E-state index in [-0.39, 0.29) is 12.2 Å². The third-order valence-corrected chi connectivity index (χ3v) is 4.33.